The summed E-state index contributed by atoms with van der Waals surface area (Å²) in [5.41, 5.74) is 1.04. The van der Waals surface area contributed by atoms with Crippen LogP contribution < -0.4 is 4.74 Å². The van der Waals surface area contributed by atoms with Crippen LogP contribution in [0.25, 0.3) is 0 Å². The summed E-state index contributed by atoms with van der Waals surface area (Å²) in [4.78, 5) is 15.4. The summed E-state index contributed by atoms with van der Waals surface area (Å²) in [7, 11) is 0. The first kappa shape index (κ1) is 20.5. The van der Waals surface area contributed by atoms with Crippen molar-refractivity contribution in [2.24, 2.45) is 0 Å². The van der Waals surface area contributed by atoms with Gasteiger partial charge in [0.2, 0.25) is 5.91 Å². The van der Waals surface area contributed by atoms with E-state index in [0.29, 0.717) is 31.0 Å². The van der Waals surface area contributed by atoms with Gasteiger partial charge in [0.05, 0.1) is 6.61 Å². The van der Waals surface area contributed by atoms with E-state index in [-0.39, 0.29) is 0 Å². The molecule has 150 valence electrons. The Morgan fingerprint density at radius 1 is 1.04 bits per heavy atom. The van der Waals surface area contributed by atoms with E-state index in [4.69, 9.17) is 16.3 Å². The van der Waals surface area contributed by atoms with Crippen LogP contribution >= 0.6 is 11.6 Å². The molecule has 2 aliphatic carbocycles. The van der Waals surface area contributed by atoms with Crippen molar-refractivity contribution in [2.45, 2.75) is 96.1 Å². The van der Waals surface area contributed by atoms with Crippen LogP contribution in [-0.4, -0.2) is 29.5 Å². The van der Waals surface area contributed by atoms with Crippen molar-refractivity contribution >= 4 is 17.5 Å². The fraction of sp³-hybridized carbons (Fsp3) is 0.696. The van der Waals surface area contributed by atoms with E-state index < -0.39 is 0 Å². The monoisotopic (exact) mass is 391 g/mol. The number of hydrogen-bond donors (Lipinski definition) is 0. The molecule has 0 heterocycles. The summed E-state index contributed by atoms with van der Waals surface area (Å²) >= 11 is 6.00. The van der Waals surface area contributed by atoms with Gasteiger partial charge in [0.15, 0.2) is 0 Å². The Hall–Kier alpha value is -1.22. The van der Waals surface area contributed by atoms with E-state index in [1.165, 1.54) is 64.2 Å². The third-order valence-corrected chi connectivity index (χ3v) is 6.39. The molecule has 1 aromatic rings. The van der Waals surface area contributed by atoms with Gasteiger partial charge in [-0.3, -0.25) is 4.79 Å². The molecule has 0 radical (unpaired) electrons. The lowest BCUT2D eigenvalue weighted by molar-refractivity contribution is -0.138. The molecule has 0 atom stereocenters. The Morgan fingerprint density at radius 3 is 2.19 bits per heavy atom. The molecule has 1 amide bonds. The zero-order valence-electron chi connectivity index (χ0n) is 16.7. The third kappa shape index (κ3) is 5.88. The summed E-state index contributed by atoms with van der Waals surface area (Å²) in [5.74, 6) is 1.22. The van der Waals surface area contributed by atoms with Crippen molar-refractivity contribution in [1.82, 2.24) is 4.90 Å². The van der Waals surface area contributed by atoms with E-state index in [1.807, 2.05) is 25.1 Å². The molecule has 2 aliphatic rings. The number of rotatable bonds is 7. The molecule has 27 heavy (non-hydrogen) atoms. The SMILES string of the molecule is Cc1cc(Cl)ccc1OCCCC(=O)N(C1CCCCC1)C1CCCCC1. The van der Waals surface area contributed by atoms with Gasteiger partial charge >= 0.3 is 0 Å². The number of benzene rings is 1. The number of nitrogens with zero attached hydrogens (tertiary/aromatic N) is 1. The normalized spacial score (nSPS) is 19.0. The molecule has 0 N–H and O–H groups in total. The van der Waals surface area contributed by atoms with Crippen molar-refractivity contribution in [2.75, 3.05) is 6.61 Å². The lowest BCUT2D eigenvalue weighted by atomic mass is 9.88. The van der Waals surface area contributed by atoms with Gasteiger partial charge in [-0.05, 0) is 62.8 Å². The first-order chi connectivity index (χ1) is 13.1. The highest BCUT2D eigenvalue weighted by Gasteiger charge is 2.31. The van der Waals surface area contributed by atoms with Crippen molar-refractivity contribution in [3.63, 3.8) is 0 Å². The second-order valence-electron chi connectivity index (χ2n) is 8.25. The number of aryl methyl sites for hydroxylation is 1. The van der Waals surface area contributed by atoms with E-state index in [1.54, 1.807) is 0 Å². The molecule has 2 fully saturated rings. The van der Waals surface area contributed by atoms with Gasteiger partial charge in [0.1, 0.15) is 5.75 Å². The minimum Gasteiger partial charge on any atom is -0.493 e. The summed E-state index contributed by atoms with van der Waals surface area (Å²) in [5, 5.41) is 0.727. The van der Waals surface area contributed by atoms with Gasteiger partial charge in [-0.1, -0.05) is 50.1 Å². The van der Waals surface area contributed by atoms with E-state index in [9.17, 15) is 4.79 Å². The van der Waals surface area contributed by atoms with Crippen molar-refractivity contribution < 1.29 is 9.53 Å². The number of carbonyl (C=O) groups is 1. The van der Waals surface area contributed by atoms with E-state index >= 15 is 0 Å². The fourth-order valence-electron chi connectivity index (χ4n) is 4.73. The van der Waals surface area contributed by atoms with Crippen LogP contribution in [0, 0.1) is 6.92 Å². The van der Waals surface area contributed by atoms with Crippen molar-refractivity contribution in [1.29, 1.82) is 0 Å². The van der Waals surface area contributed by atoms with Gasteiger partial charge in [-0.25, -0.2) is 0 Å². The maximum absolute atomic E-state index is 13.1. The quantitative estimate of drug-likeness (QED) is 0.510. The lowest BCUT2D eigenvalue weighted by Crippen LogP contribution is -2.48. The Morgan fingerprint density at radius 2 is 1.63 bits per heavy atom. The Balaban J connectivity index is 1.52. The maximum atomic E-state index is 13.1. The average Bonchev–Trinajstić information content (AvgIpc) is 2.68. The Bertz CT molecular complexity index is 588. The first-order valence-electron chi connectivity index (χ1n) is 10.9. The standard InChI is InChI=1S/C23H34ClNO2/c1-18-17-19(24)14-15-22(18)27-16-8-13-23(26)25(20-9-4-2-5-10-20)21-11-6-3-7-12-21/h14-15,17,20-21H,2-13,16H2,1H3. The molecule has 2 saturated carbocycles. The summed E-state index contributed by atoms with van der Waals surface area (Å²) < 4.78 is 5.88. The fourth-order valence-corrected chi connectivity index (χ4v) is 4.96. The summed E-state index contributed by atoms with van der Waals surface area (Å²) in [6, 6.07) is 6.64. The molecule has 0 bridgehead atoms. The molecular weight excluding hydrogens is 358 g/mol. The van der Waals surface area contributed by atoms with Crippen LogP contribution in [0.3, 0.4) is 0 Å². The number of carbonyl (C=O) groups excluding carboxylic acids is 1. The number of halogens is 1. The topological polar surface area (TPSA) is 29.5 Å². The van der Waals surface area contributed by atoms with Crippen LogP contribution in [0.4, 0.5) is 0 Å². The Kier molecular flexibility index (Phi) is 7.87. The molecule has 0 aromatic heterocycles. The minimum atomic E-state index is 0.352. The number of hydrogen-bond acceptors (Lipinski definition) is 2. The maximum Gasteiger partial charge on any atom is 0.223 e. The van der Waals surface area contributed by atoms with Crippen LogP contribution in [0.1, 0.15) is 82.6 Å². The highest BCUT2D eigenvalue weighted by atomic mass is 35.5. The molecule has 0 aliphatic heterocycles. The third-order valence-electron chi connectivity index (χ3n) is 6.15. The molecular formula is C23H34ClNO2. The van der Waals surface area contributed by atoms with Crippen LogP contribution in [0.2, 0.25) is 5.02 Å². The van der Waals surface area contributed by atoms with Gasteiger partial charge in [-0.15, -0.1) is 0 Å². The van der Waals surface area contributed by atoms with Gasteiger partial charge < -0.3 is 9.64 Å². The summed E-state index contributed by atoms with van der Waals surface area (Å²) in [6.45, 7) is 2.58. The van der Waals surface area contributed by atoms with Crippen LogP contribution in [-0.2, 0) is 4.79 Å². The highest BCUT2D eigenvalue weighted by Crippen LogP contribution is 2.31. The molecule has 0 spiro atoms. The van der Waals surface area contributed by atoms with Gasteiger partial charge in [0, 0.05) is 23.5 Å². The summed E-state index contributed by atoms with van der Waals surface area (Å²) in [6.07, 6.45) is 13.9. The largest absolute Gasteiger partial charge is 0.493 e. The Labute approximate surface area is 169 Å². The second kappa shape index (κ2) is 10.4. The average molecular weight is 392 g/mol. The zero-order chi connectivity index (χ0) is 19.1. The minimum absolute atomic E-state index is 0.352. The highest BCUT2D eigenvalue weighted by molar-refractivity contribution is 6.30. The smallest absolute Gasteiger partial charge is 0.223 e. The van der Waals surface area contributed by atoms with Crippen molar-refractivity contribution in [3.05, 3.63) is 28.8 Å². The van der Waals surface area contributed by atoms with Crippen molar-refractivity contribution in [3.8, 4) is 5.75 Å². The zero-order valence-corrected chi connectivity index (χ0v) is 17.5. The predicted molar refractivity (Wildman–Crippen MR) is 112 cm³/mol. The molecule has 0 unspecified atom stereocenters. The second-order valence-corrected chi connectivity index (χ2v) is 8.68. The van der Waals surface area contributed by atoms with Crippen LogP contribution in [0.15, 0.2) is 18.2 Å². The van der Waals surface area contributed by atoms with E-state index in [0.717, 1.165) is 22.8 Å². The van der Waals surface area contributed by atoms with E-state index in [2.05, 4.69) is 4.90 Å². The van der Waals surface area contributed by atoms with Gasteiger partial charge in [0.25, 0.3) is 0 Å². The lowest BCUT2D eigenvalue weighted by Gasteiger charge is -2.42. The molecule has 4 heteroatoms. The molecule has 1 aromatic carbocycles. The number of ether oxygens (including phenoxy) is 1. The number of amides is 1. The molecule has 0 saturated heterocycles. The van der Waals surface area contributed by atoms with Gasteiger partial charge in [-0.2, -0.15) is 0 Å². The molecule has 3 rings (SSSR count). The molecule has 3 nitrogen and oxygen atoms in total. The first-order valence-corrected chi connectivity index (χ1v) is 11.2. The predicted octanol–water partition coefficient (Wildman–Crippen LogP) is 6.30. The van der Waals surface area contributed by atoms with Crippen LogP contribution in [0.5, 0.6) is 5.75 Å².